The Morgan fingerprint density at radius 3 is 2.60 bits per heavy atom. The van der Waals surface area contributed by atoms with Crippen LogP contribution in [0, 0.1) is 13.8 Å². The van der Waals surface area contributed by atoms with Crippen molar-refractivity contribution in [1.82, 2.24) is 20.2 Å². The van der Waals surface area contributed by atoms with Crippen LogP contribution in [-0.4, -0.2) is 26.1 Å². The number of tetrazole rings is 1. The van der Waals surface area contributed by atoms with E-state index in [0.717, 1.165) is 22.4 Å². The molecule has 0 saturated heterocycles. The fraction of sp³-hybridized carbons (Fsp3) is 0.130. The zero-order chi connectivity index (χ0) is 20.9. The number of hydrogen-bond donors (Lipinski definition) is 1. The van der Waals surface area contributed by atoms with E-state index in [4.69, 9.17) is 4.74 Å². The van der Waals surface area contributed by atoms with Gasteiger partial charge in [-0.15, -0.1) is 5.10 Å². The number of carbonyl (C=O) groups is 1. The molecule has 3 aromatic carbocycles. The number of hydrogen-bond acceptors (Lipinski definition) is 5. The third kappa shape index (κ3) is 4.35. The van der Waals surface area contributed by atoms with E-state index < -0.39 is 0 Å². The molecular weight excluding hydrogens is 378 g/mol. The summed E-state index contributed by atoms with van der Waals surface area (Å²) in [5, 5.41) is 14.2. The first-order valence-corrected chi connectivity index (χ1v) is 9.53. The second kappa shape index (κ2) is 8.57. The lowest BCUT2D eigenvalue weighted by Crippen LogP contribution is -2.14. The smallest absolute Gasteiger partial charge is 0.255 e. The number of ether oxygens (including phenoxy) is 1. The Bertz CT molecular complexity index is 1160. The summed E-state index contributed by atoms with van der Waals surface area (Å²) in [6, 6.07) is 21.0. The molecule has 1 amide bonds. The van der Waals surface area contributed by atoms with E-state index >= 15 is 0 Å². The lowest BCUT2D eigenvalue weighted by Gasteiger charge is -2.14. The molecule has 0 aliphatic rings. The third-order valence-electron chi connectivity index (χ3n) is 4.68. The number of nitrogens with one attached hydrogen (secondary N) is 1. The van der Waals surface area contributed by atoms with Crippen molar-refractivity contribution in [2.45, 2.75) is 20.5 Å². The van der Waals surface area contributed by atoms with E-state index in [0.29, 0.717) is 23.6 Å². The van der Waals surface area contributed by atoms with Gasteiger partial charge in [-0.1, -0.05) is 36.4 Å². The number of rotatable bonds is 6. The van der Waals surface area contributed by atoms with Crippen LogP contribution >= 0.6 is 0 Å². The first kappa shape index (κ1) is 19.3. The monoisotopic (exact) mass is 399 g/mol. The van der Waals surface area contributed by atoms with Gasteiger partial charge in [-0.3, -0.25) is 4.79 Å². The number of aryl methyl sites for hydroxylation is 2. The predicted molar refractivity (Wildman–Crippen MR) is 114 cm³/mol. The summed E-state index contributed by atoms with van der Waals surface area (Å²) in [5.74, 6) is 0.420. The highest BCUT2D eigenvalue weighted by Gasteiger charge is 2.13. The molecule has 1 aromatic heterocycles. The molecule has 4 aromatic rings. The van der Waals surface area contributed by atoms with Crippen molar-refractivity contribution >= 4 is 11.6 Å². The maximum atomic E-state index is 12.9. The summed E-state index contributed by atoms with van der Waals surface area (Å²) in [5.41, 5.74) is 4.99. The first-order valence-electron chi connectivity index (χ1n) is 9.53. The third-order valence-corrected chi connectivity index (χ3v) is 4.68. The van der Waals surface area contributed by atoms with Crippen LogP contribution in [0.3, 0.4) is 0 Å². The van der Waals surface area contributed by atoms with Gasteiger partial charge in [0.2, 0.25) is 0 Å². The molecule has 0 aliphatic carbocycles. The Labute approximate surface area is 174 Å². The Balaban J connectivity index is 1.52. The Kier molecular flexibility index (Phi) is 5.52. The van der Waals surface area contributed by atoms with Gasteiger partial charge < -0.3 is 10.1 Å². The molecule has 1 N–H and O–H groups in total. The molecule has 0 unspecified atom stereocenters. The van der Waals surface area contributed by atoms with Crippen LogP contribution in [-0.2, 0) is 6.61 Å². The van der Waals surface area contributed by atoms with E-state index in [-0.39, 0.29) is 5.91 Å². The number of benzene rings is 3. The summed E-state index contributed by atoms with van der Waals surface area (Å²) in [6.07, 6.45) is 1.52. The van der Waals surface area contributed by atoms with Crippen LogP contribution in [0.2, 0.25) is 0 Å². The van der Waals surface area contributed by atoms with E-state index in [1.807, 2.05) is 74.5 Å². The van der Waals surface area contributed by atoms with Gasteiger partial charge in [-0.25, -0.2) is 4.68 Å². The Hall–Kier alpha value is -4.00. The SMILES string of the molecule is Cc1ccc(NC(=O)c2ccc(-n3cnnn3)c(C)c2)c(OCc2ccccc2)c1. The lowest BCUT2D eigenvalue weighted by atomic mass is 10.1. The van der Waals surface area contributed by atoms with Crippen molar-refractivity contribution in [2.75, 3.05) is 5.32 Å². The Morgan fingerprint density at radius 1 is 1.03 bits per heavy atom. The summed E-state index contributed by atoms with van der Waals surface area (Å²) >= 11 is 0. The van der Waals surface area contributed by atoms with Gasteiger partial charge in [-0.05, 0) is 71.3 Å². The number of anilines is 1. The van der Waals surface area contributed by atoms with E-state index in [1.54, 1.807) is 10.7 Å². The summed E-state index contributed by atoms with van der Waals surface area (Å²) in [7, 11) is 0. The Morgan fingerprint density at radius 2 is 1.87 bits per heavy atom. The first-order chi connectivity index (χ1) is 14.6. The normalized spacial score (nSPS) is 10.6. The van der Waals surface area contributed by atoms with E-state index in [9.17, 15) is 4.79 Å². The van der Waals surface area contributed by atoms with Gasteiger partial charge >= 0.3 is 0 Å². The standard InChI is InChI=1S/C23H21N5O2/c1-16-8-10-20(22(12-16)30-14-18-6-4-3-5-7-18)25-23(29)19-9-11-21(17(2)13-19)28-15-24-26-27-28/h3-13,15H,14H2,1-2H3,(H,25,29). The number of nitrogens with zero attached hydrogens (tertiary/aromatic N) is 4. The average molecular weight is 399 g/mol. The van der Waals surface area contributed by atoms with Crippen molar-refractivity contribution in [3.05, 3.63) is 95.3 Å². The maximum Gasteiger partial charge on any atom is 0.255 e. The second-order valence-corrected chi connectivity index (χ2v) is 6.98. The molecule has 0 aliphatic heterocycles. The van der Waals surface area contributed by atoms with Crippen molar-refractivity contribution in [3.63, 3.8) is 0 Å². The minimum Gasteiger partial charge on any atom is -0.487 e. The summed E-state index contributed by atoms with van der Waals surface area (Å²) < 4.78 is 7.55. The van der Waals surface area contributed by atoms with Gasteiger partial charge in [0.15, 0.2) is 0 Å². The number of amides is 1. The fourth-order valence-electron chi connectivity index (χ4n) is 3.11. The van der Waals surface area contributed by atoms with Crippen molar-refractivity contribution in [2.24, 2.45) is 0 Å². The van der Waals surface area contributed by atoms with Gasteiger partial charge in [0.05, 0.1) is 11.4 Å². The second-order valence-electron chi connectivity index (χ2n) is 6.98. The van der Waals surface area contributed by atoms with E-state index in [1.165, 1.54) is 6.33 Å². The molecule has 0 radical (unpaired) electrons. The molecule has 0 fully saturated rings. The fourth-order valence-corrected chi connectivity index (χ4v) is 3.11. The van der Waals surface area contributed by atoms with Crippen molar-refractivity contribution in [1.29, 1.82) is 0 Å². The minimum absolute atomic E-state index is 0.213. The zero-order valence-electron chi connectivity index (χ0n) is 16.7. The molecule has 4 rings (SSSR count). The topological polar surface area (TPSA) is 81.9 Å². The van der Waals surface area contributed by atoms with E-state index in [2.05, 4.69) is 20.8 Å². The van der Waals surface area contributed by atoms with Crippen LogP contribution in [0.1, 0.15) is 27.0 Å². The van der Waals surface area contributed by atoms with Crippen LogP contribution in [0.4, 0.5) is 5.69 Å². The highest BCUT2D eigenvalue weighted by molar-refractivity contribution is 6.05. The minimum atomic E-state index is -0.213. The zero-order valence-corrected chi connectivity index (χ0v) is 16.7. The highest BCUT2D eigenvalue weighted by atomic mass is 16.5. The average Bonchev–Trinajstić information content (AvgIpc) is 3.29. The molecule has 7 nitrogen and oxygen atoms in total. The molecule has 1 heterocycles. The number of aromatic nitrogens is 4. The lowest BCUT2D eigenvalue weighted by molar-refractivity contribution is 0.102. The van der Waals surface area contributed by atoms with Crippen molar-refractivity contribution < 1.29 is 9.53 Å². The van der Waals surface area contributed by atoms with Crippen LogP contribution in [0.15, 0.2) is 73.1 Å². The summed E-state index contributed by atoms with van der Waals surface area (Å²) in [6.45, 7) is 4.32. The van der Waals surface area contributed by atoms with Gasteiger partial charge in [0, 0.05) is 5.56 Å². The molecule has 0 saturated carbocycles. The largest absolute Gasteiger partial charge is 0.487 e. The van der Waals surface area contributed by atoms with Gasteiger partial charge in [0.25, 0.3) is 5.91 Å². The van der Waals surface area contributed by atoms with Gasteiger partial charge in [0.1, 0.15) is 18.7 Å². The molecule has 0 bridgehead atoms. The molecule has 150 valence electrons. The van der Waals surface area contributed by atoms with Crippen LogP contribution < -0.4 is 10.1 Å². The number of carbonyl (C=O) groups excluding carboxylic acids is 1. The summed E-state index contributed by atoms with van der Waals surface area (Å²) in [4.78, 5) is 12.9. The maximum absolute atomic E-state index is 12.9. The molecular formula is C23H21N5O2. The molecule has 30 heavy (non-hydrogen) atoms. The van der Waals surface area contributed by atoms with Crippen LogP contribution in [0.25, 0.3) is 5.69 Å². The quantitative estimate of drug-likeness (QED) is 0.528. The highest BCUT2D eigenvalue weighted by Crippen LogP contribution is 2.27. The molecule has 7 heteroatoms. The molecule has 0 atom stereocenters. The molecule has 0 spiro atoms. The van der Waals surface area contributed by atoms with Crippen LogP contribution in [0.5, 0.6) is 5.75 Å². The van der Waals surface area contributed by atoms with Crippen molar-refractivity contribution in [3.8, 4) is 11.4 Å². The predicted octanol–water partition coefficient (Wildman–Crippen LogP) is 4.11. The van der Waals surface area contributed by atoms with Gasteiger partial charge in [-0.2, -0.15) is 0 Å².